The molecule has 0 aliphatic carbocycles. The van der Waals surface area contributed by atoms with Crippen LogP contribution in [0.25, 0.3) is 0 Å². The van der Waals surface area contributed by atoms with Gasteiger partial charge in [0.1, 0.15) is 5.75 Å². The minimum Gasteiger partial charge on any atom is -0.494 e. The number of ether oxygens (including phenoxy) is 1. The Morgan fingerprint density at radius 3 is 2.38 bits per heavy atom. The predicted molar refractivity (Wildman–Crippen MR) is 88.5 cm³/mol. The number of unbranched alkanes of at least 4 members (excludes halogenated alkanes) is 1. The van der Waals surface area contributed by atoms with E-state index in [4.69, 9.17) is 4.74 Å². The van der Waals surface area contributed by atoms with E-state index in [2.05, 4.69) is 67.7 Å². The Labute approximate surface area is 128 Å². The standard InChI is InChI=1S/C19H25NO/c1-3-4-14-21-19-12-10-18(11-13-19)16(2)20-15-17-8-6-5-7-9-17/h5-13,16,20H,3-4,14-15H2,1-2H3. The lowest BCUT2D eigenvalue weighted by atomic mass is 10.1. The zero-order chi connectivity index (χ0) is 14.9. The number of hydrogen-bond donors (Lipinski definition) is 1. The monoisotopic (exact) mass is 283 g/mol. The first-order valence-corrected chi connectivity index (χ1v) is 7.79. The zero-order valence-electron chi connectivity index (χ0n) is 13.0. The molecule has 0 aliphatic rings. The van der Waals surface area contributed by atoms with Crippen molar-refractivity contribution in [2.75, 3.05) is 6.61 Å². The van der Waals surface area contributed by atoms with Gasteiger partial charge >= 0.3 is 0 Å². The third kappa shape index (κ3) is 5.24. The fraction of sp³-hybridized carbons (Fsp3) is 0.368. The van der Waals surface area contributed by atoms with Gasteiger partial charge < -0.3 is 10.1 Å². The molecule has 0 fully saturated rings. The van der Waals surface area contributed by atoms with Crippen LogP contribution in [0.5, 0.6) is 5.75 Å². The van der Waals surface area contributed by atoms with Crippen LogP contribution in [0, 0.1) is 0 Å². The molecule has 0 heterocycles. The van der Waals surface area contributed by atoms with Gasteiger partial charge in [-0.3, -0.25) is 0 Å². The van der Waals surface area contributed by atoms with Gasteiger partial charge in [0, 0.05) is 12.6 Å². The van der Waals surface area contributed by atoms with Gasteiger partial charge in [0.25, 0.3) is 0 Å². The summed E-state index contributed by atoms with van der Waals surface area (Å²) in [5, 5.41) is 3.55. The third-order valence-electron chi connectivity index (χ3n) is 3.60. The molecule has 112 valence electrons. The summed E-state index contributed by atoms with van der Waals surface area (Å²) in [6.45, 7) is 6.05. The number of benzene rings is 2. The van der Waals surface area contributed by atoms with Gasteiger partial charge in [0.2, 0.25) is 0 Å². The highest BCUT2D eigenvalue weighted by Gasteiger charge is 2.05. The van der Waals surface area contributed by atoms with Crippen molar-refractivity contribution in [1.82, 2.24) is 5.32 Å². The van der Waals surface area contributed by atoms with E-state index in [-0.39, 0.29) is 0 Å². The summed E-state index contributed by atoms with van der Waals surface area (Å²) in [6, 6.07) is 19.2. The molecule has 0 spiro atoms. The lowest BCUT2D eigenvalue weighted by Gasteiger charge is -2.15. The molecule has 1 unspecified atom stereocenters. The fourth-order valence-electron chi connectivity index (χ4n) is 2.17. The third-order valence-corrected chi connectivity index (χ3v) is 3.60. The molecule has 0 radical (unpaired) electrons. The molecule has 2 heteroatoms. The summed E-state index contributed by atoms with van der Waals surface area (Å²) in [7, 11) is 0. The molecule has 21 heavy (non-hydrogen) atoms. The van der Waals surface area contributed by atoms with Crippen molar-refractivity contribution < 1.29 is 4.74 Å². The minimum absolute atomic E-state index is 0.329. The van der Waals surface area contributed by atoms with Crippen molar-refractivity contribution in [1.29, 1.82) is 0 Å². The Kier molecular flexibility index (Phi) is 6.29. The molecule has 0 saturated carbocycles. The summed E-state index contributed by atoms with van der Waals surface area (Å²) in [6.07, 6.45) is 2.27. The van der Waals surface area contributed by atoms with Gasteiger partial charge in [-0.1, -0.05) is 55.8 Å². The lowest BCUT2D eigenvalue weighted by molar-refractivity contribution is 0.309. The van der Waals surface area contributed by atoms with Gasteiger partial charge in [-0.05, 0) is 36.6 Å². The van der Waals surface area contributed by atoms with Crippen molar-refractivity contribution in [3.8, 4) is 5.75 Å². The van der Waals surface area contributed by atoms with E-state index in [1.807, 2.05) is 6.07 Å². The second-order valence-corrected chi connectivity index (χ2v) is 5.36. The van der Waals surface area contributed by atoms with Crippen LogP contribution in [-0.4, -0.2) is 6.61 Å². The average Bonchev–Trinajstić information content (AvgIpc) is 2.54. The van der Waals surface area contributed by atoms with E-state index in [9.17, 15) is 0 Å². The van der Waals surface area contributed by atoms with Crippen LogP contribution in [0.1, 0.15) is 43.9 Å². The van der Waals surface area contributed by atoms with Crippen LogP contribution in [0.15, 0.2) is 54.6 Å². The molecule has 1 N–H and O–H groups in total. The number of nitrogens with one attached hydrogen (secondary N) is 1. The van der Waals surface area contributed by atoms with E-state index >= 15 is 0 Å². The van der Waals surface area contributed by atoms with E-state index in [0.717, 1.165) is 25.3 Å². The zero-order valence-corrected chi connectivity index (χ0v) is 13.0. The largest absolute Gasteiger partial charge is 0.494 e. The van der Waals surface area contributed by atoms with Gasteiger partial charge in [0.05, 0.1) is 6.61 Å². The highest BCUT2D eigenvalue weighted by molar-refractivity contribution is 5.29. The molecular formula is C19H25NO. The number of hydrogen-bond acceptors (Lipinski definition) is 2. The highest BCUT2D eigenvalue weighted by Crippen LogP contribution is 2.18. The first-order valence-electron chi connectivity index (χ1n) is 7.79. The van der Waals surface area contributed by atoms with E-state index in [0.29, 0.717) is 6.04 Å². The Balaban J connectivity index is 1.83. The second-order valence-electron chi connectivity index (χ2n) is 5.36. The maximum Gasteiger partial charge on any atom is 0.119 e. The Bertz CT molecular complexity index is 507. The molecule has 2 aromatic carbocycles. The van der Waals surface area contributed by atoms with Crippen molar-refractivity contribution in [2.45, 2.75) is 39.3 Å². The van der Waals surface area contributed by atoms with Crippen molar-refractivity contribution >= 4 is 0 Å². The van der Waals surface area contributed by atoms with E-state index in [1.165, 1.54) is 17.5 Å². The smallest absolute Gasteiger partial charge is 0.119 e. The normalized spacial score (nSPS) is 12.1. The minimum atomic E-state index is 0.329. The molecule has 0 aromatic heterocycles. The molecule has 1 atom stereocenters. The SMILES string of the molecule is CCCCOc1ccc(C(C)NCc2ccccc2)cc1. The van der Waals surface area contributed by atoms with Crippen LogP contribution < -0.4 is 10.1 Å². The summed E-state index contributed by atoms with van der Waals surface area (Å²) >= 11 is 0. The molecule has 0 amide bonds. The molecule has 2 nitrogen and oxygen atoms in total. The second kappa shape index (κ2) is 8.48. The molecule has 0 saturated heterocycles. The molecular weight excluding hydrogens is 258 g/mol. The van der Waals surface area contributed by atoms with Crippen LogP contribution in [0.4, 0.5) is 0 Å². The summed E-state index contributed by atoms with van der Waals surface area (Å²) < 4.78 is 5.69. The maximum absolute atomic E-state index is 5.69. The predicted octanol–water partition coefficient (Wildman–Crippen LogP) is 4.72. The first kappa shape index (κ1) is 15.6. The van der Waals surface area contributed by atoms with Crippen LogP contribution >= 0.6 is 0 Å². The van der Waals surface area contributed by atoms with Crippen LogP contribution in [0.2, 0.25) is 0 Å². The number of rotatable bonds is 8. The van der Waals surface area contributed by atoms with Crippen molar-refractivity contribution in [3.63, 3.8) is 0 Å². The molecule has 2 aromatic rings. The van der Waals surface area contributed by atoms with Crippen molar-refractivity contribution in [3.05, 3.63) is 65.7 Å². The average molecular weight is 283 g/mol. The first-order chi connectivity index (χ1) is 10.3. The molecule has 0 aliphatic heterocycles. The van der Waals surface area contributed by atoms with Crippen LogP contribution in [0.3, 0.4) is 0 Å². The van der Waals surface area contributed by atoms with E-state index < -0.39 is 0 Å². The quantitative estimate of drug-likeness (QED) is 0.708. The maximum atomic E-state index is 5.69. The van der Waals surface area contributed by atoms with Gasteiger partial charge in [-0.2, -0.15) is 0 Å². The lowest BCUT2D eigenvalue weighted by Crippen LogP contribution is -2.17. The van der Waals surface area contributed by atoms with Crippen LogP contribution in [-0.2, 0) is 6.54 Å². The Morgan fingerprint density at radius 2 is 1.71 bits per heavy atom. The van der Waals surface area contributed by atoms with Gasteiger partial charge in [0.15, 0.2) is 0 Å². The topological polar surface area (TPSA) is 21.3 Å². The van der Waals surface area contributed by atoms with Crippen molar-refractivity contribution in [2.24, 2.45) is 0 Å². The summed E-state index contributed by atoms with van der Waals surface area (Å²) in [5.41, 5.74) is 2.60. The molecule has 0 bridgehead atoms. The van der Waals surface area contributed by atoms with Gasteiger partial charge in [-0.25, -0.2) is 0 Å². The van der Waals surface area contributed by atoms with Gasteiger partial charge in [-0.15, -0.1) is 0 Å². The summed E-state index contributed by atoms with van der Waals surface area (Å²) in [4.78, 5) is 0. The Morgan fingerprint density at radius 1 is 1.00 bits per heavy atom. The van der Waals surface area contributed by atoms with E-state index in [1.54, 1.807) is 0 Å². The highest BCUT2D eigenvalue weighted by atomic mass is 16.5. The summed E-state index contributed by atoms with van der Waals surface area (Å²) in [5.74, 6) is 0.961. The molecule has 2 rings (SSSR count). The fourth-order valence-corrected chi connectivity index (χ4v) is 2.17. The Hall–Kier alpha value is -1.80.